The Kier molecular flexibility index (Phi) is 3.20. The Balaban J connectivity index is 2.29. The summed E-state index contributed by atoms with van der Waals surface area (Å²) in [5.74, 6) is -0.436. The van der Waals surface area contributed by atoms with E-state index in [-0.39, 0.29) is 11.2 Å². The van der Waals surface area contributed by atoms with Gasteiger partial charge in [0.15, 0.2) is 5.78 Å². The third-order valence-corrected chi connectivity index (χ3v) is 3.90. The Hall–Kier alpha value is -2.36. The molecule has 1 aromatic carbocycles. The SMILES string of the molecule is CCOC(=O)c1[nH]c2c(c1C(C)(C)C)C(=O)c1ccccc1-2. The molecule has 4 heteroatoms. The number of aromatic amines is 1. The number of ether oxygens (including phenoxy) is 1. The summed E-state index contributed by atoms with van der Waals surface area (Å²) < 4.78 is 5.14. The van der Waals surface area contributed by atoms with Crippen molar-refractivity contribution in [3.63, 3.8) is 0 Å². The van der Waals surface area contributed by atoms with Crippen LogP contribution in [0.3, 0.4) is 0 Å². The van der Waals surface area contributed by atoms with E-state index in [2.05, 4.69) is 4.98 Å². The number of hydrogen-bond donors (Lipinski definition) is 1. The highest BCUT2D eigenvalue weighted by molar-refractivity contribution is 6.23. The largest absolute Gasteiger partial charge is 0.461 e. The molecule has 0 fully saturated rings. The molecule has 0 bridgehead atoms. The molecule has 0 aliphatic heterocycles. The van der Waals surface area contributed by atoms with Crippen molar-refractivity contribution in [1.29, 1.82) is 0 Å². The maximum atomic E-state index is 12.8. The van der Waals surface area contributed by atoms with Gasteiger partial charge < -0.3 is 9.72 Å². The fourth-order valence-corrected chi connectivity index (χ4v) is 3.07. The molecular formula is C18H19NO3. The smallest absolute Gasteiger partial charge is 0.355 e. The average Bonchev–Trinajstić information content (AvgIpc) is 2.97. The van der Waals surface area contributed by atoms with Crippen LogP contribution in [0.15, 0.2) is 24.3 Å². The maximum absolute atomic E-state index is 12.8. The van der Waals surface area contributed by atoms with E-state index in [1.165, 1.54) is 0 Å². The lowest BCUT2D eigenvalue weighted by molar-refractivity contribution is 0.0517. The van der Waals surface area contributed by atoms with Crippen molar-refractivity contribution in [3.05, 3.63) is 46.6 Å². The lowest BCUT2D eigenvalue weighted by Crippen LogP contribution is -2.20. The Labute approximate surface area is 129 Å². The third kappa shape index (κ3) is 1.98. The highest BCUT2D eigenvalue weighted by Gasteiger charge is 2.38. The average molecular weight is 297 g/mol. The first kappa shape index (κ1) is 14.6. The minimum Gasteiger partial charge on any atom is -0.461 e. The quantitative estimate of drug-likeness (QED) is 0.734. The van der Waals surface area contributed by atoms with Gasteiger partial charge in [-0.25, -0.2) is 4.79 Å². The van der Waals surface area contributed by atoms with Crippen molar-refractivity contribution in [2.24, 2.45) is 0 Å². The van der Waals surface area contributed by atoms with Gasteiger partial charge in [0.05, 0.1) is 17.9 Å². The maximum Gasteiger partial charge on any atom is 0.355 e. The van der Waals surface area contributed by atoms with E-state index in [4.69, 9.17) is 4.74 Å². The van der Waals surface area contributed by atoms with Gasteiger partial charge in [0.2, 0.25) is 0 Å². The molecule has 4 nitrogen and oxygen atoms in total. The molecule has 1 aromatic heterocycles. The fourth-order valence-electron chi connectivity index (χ4n) is 3.07. The zero-order valence-electron chi connectivity index (χ0n) is 13.2. The van der Waals surface area contributed by atoms with Crippen molar-refractivity contribution in [1.82, 2.24) is 4.98 Å². The number of hydrogen-bond acceptors (Lipinski definition) is 3. The van der Waals surface area contributed by atoms with Gasteiger partial charge >= 0.3 is 5.97 Å². The number of carbonyl (C=O) groups excluding carboxylic acids is 2. The monoisotopic (exact) mass is 297 g/mol. The van der Waals surface area contributed by atoms with Gasteiger partial charge in [-0.3, -0.25) is 4.79 Å². The van der Waals surface area contributed by atoms with Crippen LogP contribution >= 0.6 is 0 Å². The van der Waals surface area contributed by atoms with Gasteiger partial charge in [0, 0.05) is 16.7 Å². The molecular weight excluding hydrogens is 278 g/mol. The Morgan fingerprint density at radius 3 is 2.41 bits per heavy atom. The number of ketones is 1. The lowest BCUT2D eigenvalue weighted by Gasteiger charge is -2.20. The second-order valence-electron chi connectivity index (χ2n) is 6.47. The summed E-state index contributed by atoms with van der Waals surface area (Å²) in [6.45, 7) is 8.06. The standard InChI is InChI=1S/C18H19NO3/c1-5-22-17(21)15-13(18(2,3)4)12-14(19-15)10-8-6-7-9-11(10)16(12)20/h6-9,19H,5H2,1-4H3. The third-order valence-electron chi connectivity index (χ3n) is 3.90. The van der Waals surface area contributed by atoms with E-state index >= 15 is 0 Å². The summed E-state index contributed by atoms with van der Waals surface area (Å²) in [5.41, 5.74) is 3.66. The number of H-pyrrole nitrogens is 1. The molecule has 114 valence electrons. The van der Waals surface area contributed by atoms with Gasteiger partial charge in [-0.1, -0.05) is 45.0 Å². The van der Waals surface area contributed by atoms with E-state index in [1.54, 1.807) is 6.92 Å². The van der Waals surface area contributed by atoms with Crippen molar-refractivity contribution < 1.29 is 14.3 Å². The zero-order valence-corrected chi connectivity index (χ0v) is 13.2. The van der Waals surface area contributed by atoms with Crippen LogP contribution in [0.5, 0.6) is 0 Å². The van der Waals surface area contributed by atoms with Crippen LogP contribution in [-0.4, -0.2) is 23.3 Å². The predicted molar refractivity (Wildman–Crippen MR) is 84.3 cm³/mol. The molecule has 1 N–H and O–H groups in total. The fraction of sp³-hybridized carbons (Fsp3) is 0.333. The van der Waals surface area contributed by atoms with Crippen molar-refractivity contribution in [2.75, 3.05) is 6.61 Å². The molecule has 1 heterocycles. The number of rotatable bonds is 2. The number of carbonyl (C=O) groups is 2. The molecule has 0 radical (unpaired) electrons. The zero-order chi connectivity index (χ0) is 16.1. The molecule has 0 spiro atoms. The summed E-state index contributed by atoms with van der Waals surface area (Å²) >= 11 is 0. The molecule has 0 saturated carbocycles. The normalized spacial score (nSPS) is 13.0. The number of aromatic nitrogens is 1. The van der Waals surface area contributed by atoms with Crippen LogP contribution in [0.2, 0.25) is 0 Å². The van der Waals surface area contributed by atoms with Gasteiger partial charge in [0.1, 0.15) is 5.69 Å². The van der Waals surface area contributed by atoms with Crippen molar-refractivity contribution in [2.45, 2.75) is 33.1 Å². The van der Waals surface area contributed by atoms with E-state index in [0.717, 1.165) is 16.8 Å². The highest BCUT2D eigenvalue weighted by atomic mass is 16.5. The van der Waals surface area contributed by atoms with E-state index < -0.39 is 5.97 Å². The minimum absolute atomic E-state index is 0.0256. The van der Waals surface area contributed by atoms with Crippen LogP contribution in [0, 0.1) is 0 Å². The molecule has 22 heavy (non-hydrogen) atoms. The predicted octanol–water partition coefficient (Wildman–Crippen LogP) is 3.70. The van der Waals surface area contributed by atoms with Crippen LogP contribution in [0.25, 0.3) is 11.3 Å². The first-order valence-corrected chi connectivity index (χ1v) is 7.44. The van der Waals surface area contributed by atoms with Crippen molar-refractivity contribution >= 4 is 11.8 Å². The van der Waals surface area contributed by atoms with E-state index in [1.807, 2.05) is 45.0 Å². The molecule has 0 unspecified atom stereocenters. The molecule has 1 aliphatic rings. The van der Waals surface area contributed by atoms with Gasteiger partial charge in [-0.05, 0) is 12.3 Å². The molecule has 2 aromatic rings. The van der Waals surface area contributed by atoms with Gasteiger partial charge in [-0.15, -0.1) is 0 Å². The molecule has 0 atom stereocenters. The molecule has 0 saturated heterocycles. The van der Waals surface area contributed by atoms with Gasteiger partial charge in [-0.2, -0.15) is 0 Å². The Morgan fingerprint density at radius 2 is 1.82 bits per heavy atom. The summed E-state index contributed by atoms with van der Waals surface area (Å²) in [6.07, 6.45) is 0. The molecule has 3 rings (SSSR count). The van der Waals surface area contributed by atoms with Crippen molar-refractivity contribution in [3.8, 4) is 11.3 Å². The number of fused-ring (bicyclic) bond motifs is 3. The second-order valence-corrected chi connectivity index (χ2v) is 6.47. The van der Waals surface area contributed by atoms with Gasteiger partial charge in [0.25, 0.3) is 0 Å². The number of benzene rings is 1. The first-order chi connectivity index (χ1) is 10.4. The summed E-state index contributed by atoms with van der Waals surface area (Å²) in [5, 5.41) is 0. The van der Waals surface area contributed by atoms with E-state index in [0.29, 0.717) is 23.4 Å². The van der Waals surface area contributed by atoms with Crippen LogP contribution in [0.1, 0.15) is 59.7 Å². The Morgan fingerprint density at radius 1 is 1.18 bits per heavy atom. The highest BCUT2D eigenvalue weighted by Crippen LogP contribution is 2.43. The van der Waals surface area contributed by atoms with Crippen LogP contribution < -0.4 is 0 Å². The van der Waals surface area contributed by atoms with Crippen LogP contribution in [-0.2, 0) is 10.2 Å². The number of nitrogens with one attached hydrogen (secondary N) is 1. The topological polar surface area (TPSA) is 59.2 Å². The minimum atomic E-state index is -0.410. The van der Waals surface area contributed by atoms with Crippen LogP contribution in [0.4, 0.5) is 0 Å². The Bertz CT molecular complexity index is 778. The summed E-state index contributed by atoms with van der Waals surface area (Å²) in [4.78, 5) is 28.2. The summed E-state index contributed by atoms with van der Waals surface area (Å²) in [6, 6.07) is 7.47. The molecule has 0 amide bonds. The summed E-state index contributed by atoms with van der Waals surface area (Å²) in [7, 11) is 0. The first-order valence-electron chi connectivity index (χ1n) is 7.44. The molecule has 1 aliphatic carbocycles. The van der Waals surface area contributed by atoms with E-state index in [9.17, 15) is 9.59 Å². The lowest BCUT2D eigenvalue weighted by atomic mass is 9.83. The number of esters is 1. The second kappa shape index (κ2) is 4.83.